The minimum atomic E-state index is 0.123. The average Bonchev–Trinajstić information content (AvgIpc) is 2.99. The lowest BCUT2D eigenvalue weighted by molar-refractivity contribution is 0.224. The van der Waals surface area contributed by atoms with E-state index in [0.29, 0.717) is 5.41 Å². The van der Waals surface area contributed by atoms with Crippen LogP contribution >= 0.6 is 0 Å². The number of likely N-dealkylation sites (tertiary alicyclic amines) is 1. The Kier molecular flexibility index (Phi) is 5.24. The molecule has 0 spiro atoms. The van der Waals surface area contributed by atoms with Crippen LogP contribution in [0.4, 0.5) is 5.69 Å². The molecule has 0 bridgehead atoms. The van der Waals surface area contributed by atoms with Crippen molar-refractivity contribution in [1.82, 2.24) is 4.90 Å². The number of hydrogen-bond acceptors (Lipinski definition) is 2. The second kappa shape index (κ2) is 7.07. The van der Waals surface area contributed by atoms with E-state index >= 15 is 0 Å². The van der Waals surface area contributed by atoms with Gasteiger partial charge >= 0.3 is 0 Å². The van der Waals surface area contributed by atoms with E-state index in [-0.39, 0.29) is 5.54 Å². The van der Waals surface area contributed by atoms with E-state index in [1.807, 2.05) is 0 Å². The van der Waals surface area contributed by atoms with E-state index in [9.17, 15) is 0 Å². The van der Waals surface area contributed by atoms with E-state index in [2.05, 4.69) is 62.2 Å². The van der Waals surface area contributed by atoms with Crippen molar-refractivity contribution in [1.29, 1.82) is 0 Å². The van der Waals surface area contributed by atoms with Gasteiger partial charge in [0.05, 0.1) is 0 Å². The quantitative estimate of drug-likeness (QED) is 0.750. The molecule has 0 atom stereocenters. The number of nitrogens with one attached hydrogen (secondary N) is 1. The van der Waals surface area contributed by atoms with Crippen LogP contribution in [0.2, 0.25) is 0 Å². The Balaban J connectivity index is 1.62. The van der Waals surface area contributed by atoms with Gasteiger partial charge in [-0.05, 0) is 94.5 Å². The van der Waals surface area contributed by atoms with Gasteiger partial charge in [-0.3, -0.25) is 0 Å². The number of anilines is 1. The Labute approximate surface area is 149 Å². The second-order valence-electron chi connectivity index (χ2n) is 9.56. The third-order valence-corrected chi connectivity index (χ3v) is 6.00. The first-order valence-electron chi connectivity index (χ1n) is 9.94. The van der Waals surface area contributed by atoms with E-state index in [1.54, 1.807) is 0 Å². The van der Waals surface area contributed by atoms with Gasteiger partial charge in [-0.2, -0.15) is 0 Å². The summed E-state index contributed by atoms with van der Waals surface area (Å²) in [5.41, 5.74) is 3.50. The van der Waals surface area contributed by atoms with Crippen LogP contribution in [0.15, 0.2) is 24.3 Å². The first-order chi connectivity index (χ1) is 11.3. The molecule has 0 unspecified atom stereocenters. The molecule has 3 rings (SSSR count). The first-order valence-corrected chi connectivity index (χ1v) is 9.94. The van der Waals surface area contributed by atoms with E-state index in [1.165, 1.54) is 62.9 Å². The van der Waals surface area contributed by atoms with E-state index in [4.69, 9.17) is 0 Å². The Bertz CT molecular complexity index is 531. The van der Waals surface area contributed by atoms with Crippen LogP contribution in [0.1, 0.15) is 77.7 Å². The summed E-state index contributed by atoms with van der Waals surface area (Å²) < 4.78 is 0. The van der Waals surface area contributed by atoms with Crippen LogP contribution in [0, 0.1) is 5.41 Å². The molecule has 2 heteroatoms. The van der Waals surface area contributed by atoms with Gasteiger partial charge in [0.1, 0.15) is 0 Å². The predicted octanol–water partition coefficient (Wildman–Crippen LogP) is 5.66. The summed E-state index contributed by atoms with van der Waals surface area (Å²) >= 11 is 0. The zero-order valence-electron chi connectivity index (χ0n) is 16.2. The third kappa shape index (κ3) is 4.75. The topological polar surface area (TPSA) is 15.3 Å². The zero-order chi connectivity index (χ0) is 17.2. The van der Waals surface area contributed by atoms with Gasteiger partial charge in [0.2, 0.25) is 0 Å². The van der Waals surface area contributed by atoms with Crippen LogP contribution in [-0.4, -0.2) is 30.1 Å². The minimum Gasteiger partial charge on any atom is -0.379 e. The monoisotopic (exact) mass is 328 g/mol. The lowest BCUT2D eigenvalue weighted by Gasteiger charge is -2.35. The van der Waals surface area contributed by atoms with Crippen LogP contribution in [-0.2, 0) is 0 Å². The zero-order valence-corrected chi connectivity index (χ0v) is 16.2. The molecule has 1 heterocycles. The highest BCUT2D eigenvalue weighted by molar-refractivity contribution is 5.48. The molecule has 0 amide bonds. The fraction of sp³-hybridized carbons (Fsp3) is 0.727. The summed E-state index contributed by atoms with van der Waals surface area (Å²) in [5.74, 6) is 0.751. The lowest BCUT2D eigenvalue weighted by Crippen LogP contribution is -2.43. The maximum absolute atomic E-state index is 3.80. The SMILES string of the molecule is CC1(C)CCC(c2cccc(NC(C)(C)CN3CCCC3)c2)CC1. The van der Waals surface area contributed by atoms with Gasteiger partial charge in [0.25, 0.3) is 0 Å². The van der Waals surface area contributed by atoms with Crippen LogP contribution in [0.3, 0.4) is 0 Å². The fourth-order valence-electron chi connectivity index (χ4n) is 4.53. The van der Waals surface area contributed by atoms with Crippen LogP contribution < -0.4 is 5.32 Å². The van der Waals surface area contributed by atoms with Gasteiger partial charge in [0.15, 0.2) is 0 Å². The average molecular weight is 329 g/mol. The largest absolute Gasteiger partial charge is 0.379 e. The molecular weight excluding hydrogens is 292 g/mol. The number of nitrogens with zero attached hydrogens (tertiary/aromatic N) is 1. The molecule has 1 N–H and O–H groups in total. The molecule has 1 aliphatic heterocycles. The van der Waals surface area contributed by atoms with Gasteiger partial charge in [-0.25, -0.2) is 0 Å². The van der Waals surface area contributed by atoms with Crippen molar-refractivity contribution in [3.8, 4) is 0 Å². The highest BCUT2D eigenvalue weighted by atomic mass is 15.2. The highest BCUT2D eigenvalue weighted by Gasteiger charge is 2.28. The van der Waals surface area contributed by atoms with E-state index < -0.39 is 0 Å². The molecule has 2 aliphatic rings. The maximum atomic E-state index is 3.80. The standard InChI is InChI=1S/C22H36N2/c1-21(2)12-10-18(11-13-21)19-8-7-9-20(16-19)23-22(3,4)17-24-14-5-6-15-24/h7-9,16,18,23H,5-6,10-15,17H2,1-4H3. The molecule has 0 radical (unpaired) electrons. The van der Waals surface area contributed by atoms with Crippen LogP contribution in [0.25, 0.3) is 0 Å². The predicted molar refractivity (Wildman–Crippen MR) is 105 cm³/mol. The van der Waals surface area contributed by atoms with Crippen molar-refractivity contribution in [2.75, 3.05) is 25.0 Å². The normalized spacial score (nSPS) is 22.7. The van der Waals surface area contributed by atoms with Crippen molar-refractivity contribution in [3.63, 3.8) is 0 Å². The molecule has 1 saturated carbocycles. The Hall–Kier alpha value is -1.02. The van der Waals surface area contributed by atoms with Gasteiger partial charge in [-0.1, -0.05) is 26.0 Å². The Morgan fingerprint density at radius 2 is 1.79 bits per heavy atom. The Morgan fingerprint density at radius 3 is 2.46 bits per heavy atom. The van der Waals surface area contributed by atoms with Crippen molar-refractivity contribution < 1.29 is 0 Å². The lowest BCUT2D eigenvalue weighted by atomic mass is 9.71. The first kappa shape index (κ1) is 17.8. The number of benzene rings is 1. The highest BCUT2D eigenvalue weighted by Crippen LogP contribution is 2.42. The van der Waals surface area contributed by atoms with Crippen LogP contribution in [0.5, 0.6) is 0 Å². The van der Waals surface area contributed by atoms with Gasteiger partial charge in [0, 0.05) is 17.8 Å². The third-order valence-electron chi connectivity index (χ3n) is 6.00. The summed E-state index contributed by atoms with van der Waals surface area (Å²) in [5, 5.41) is 3.80. The van der Waals surface area contributed by atoms with Crippen molar-refractivity contribution in [2.45, 2.75) is 77.7 Å². The molecule has 2 nitrogen and oxygen atoms in total. The Morgan fingerprint density at radius 1 is 1.12 bits per heavy atom. The van der Waals surface area contributed by atoms with Crippen molar-refractivity contribution >= 4 is 5.69 Å². The number of rotatable bonds is 5. The molecule has 0 aromatic heterocycles. The van der Waals surface area contributed by atoms with Gasteiger partial charge in [-0.15, -0.1) is 0 Å². The second-order valence-corrected chi connectivity index (χ2v) is 9.56. The molecular formula is C22H36N2. The summed E-state index contributed by atoms with van der Waals surface area (Å²) in [6, 6.07) is 9.22. The maximum Gasteiger partial charge on any atom is 0.0444 e. The molecule has 2 fully saturated rings. The molecule has 1 aromatic carbocycles. The molecule has 1 aliphatic carbocycles. The summed E-state index contributed by atoms with van der Waals surface area (Å²) in [6.07, 6.45) is 8.12. The summed E-state index contributed by atoms with van der Waals surface area (Å²) in [6.45, 7) is 13.2. The van der Waals surface area contributed by atoms with Crippen molar-refractivity contribution in [3.05, 3.63) is 29.8 Å². The van der Waals surface area contributed by atoms with Gasteiger partial charge < -0.3 is 10.2 Å². The molecule has 1 aromatic rings. The smallest absolute Gasteiger partial charge is 0.0444 e. The fourth-order valence-corrected chi connectivity index (χ4v) is 4.53. The molecule has 24 heavy (non-hydrogen) atoms. The van der Waals surface area contributed by atoms with E-state index in [0.717, 1.165) is 12.5 Å². The number of hydrogen-bond donors (Lipinski definition) is 1. The molecule has 1 saturated heterocycles. The minimum absolute atomic E-state index is 0.123. The molecule has 134 valence electrons. The van der Waals surface area contributed by atoms with Crippen molar-refractivity contribution in [2.24, 2.45) is 5.41 Å². The summed E-state index contributed by atoms with van der Waals surface area (Å²) in [4.78, 5) is 2.60. The summed E-state index contributed by atoms with van der Waals surface area (Å²) in [7, 11) is 0.